The number of nitrogens with zero attached hydrogens (tertiary/aromatic N) is 3. The van der Waals surface area contributed by atoms with Crippen LogP contribution in [0.2, 0.25) is 0 Å². The van der Waals surface area contributed by atoms with Crippen LogP contribution in [0.4, 0.5) is 4.79 Å². The zero-order chi connectivity index (χ0) is 25.9. The van der Waals surface area contributed by atoms with E-state index in [9.17, 15) is 4.79 Å². The van der Waals surface area contributed by atoms with Crippen LogP contribution in [0.15, 0.2) is 83.0 Å². The van der Waals surface area contributed by atoms with Gasteiger partial charge in [-0.3, -0.25) is 4.90 Å². The molecule has 1 unspecified atom stereocenters. The van der Waals surface area contributed by atoms with E-state index in [4.69, 9.17) is 19.0 Å². The molecule has 0 fully saturated rings. The number of carbonyl (C=O) groups is 1. The van der Waals surface area contributed by atoms with Gasteiger partial charge in [-0.1, -0.05) is 59.3 Å². The maximum Gasteiger partial charge on any atom is 0.322 e. The fourth-order valence-electron chi connectivity index (χ4n) is 4.56. The molecule has 5 rings (SSSR count). The Morgan fingerprint density at radius 3 is 2.57 bits per heavy atom. The lowest BCUT2D eigenvalue weighted by Crippen LogP contribution is -2.45. The number of nitrogens with one attached hydrogen (secondary N) is 1. The lowest BCUT2D eigenvalue weighted by atomic mass is 9.94. The topological polar surface area (TPSA) is 89.7 Å². The van der Waals surface area contributed by atoms with Crippen molar-refractivity contribution in [2.45, 2.75) is 26.4 Å². The van der Waals surface area contributed by atoms with Crippen molar-refractivity contribution >= 4 is 11.6 Å². The molecule has 0 aliphatic carbocycles. The molecule has 4 aromatic rings. The molecule has 1 N–H and O–H groups in total. The van der Waals surface area contributed by atoms with Crippen LogP contribution in [0.3, 0.4) is 0 Å². The van der Waals surface area contributed by atoms with E-state index in [1.807, 2.05) is 86.6 Å². The quantitative estimate of drug-likeness (QED) is 0.350. The predicted octanol–water partition coefficient (Wildman–Crippen LogP) is 5.76. The van der Waals surface area contributed by atoms with Gasteiger partial charge in [0, 0.05) is 16.8 Å². The van der Waals surface area contributed by atoms with Crippen molar-refractivity contribution in [3.05, 3.63) is 101 Å². The molecule has 1 aliphatic heterocycles. The molecule has 0 saturated carbocycles. The molecule has 0 radical (unpaired) electrons. The van der Waals surface area contributed by atoms with Gasteiger partial charge in [0.15, 0.2) is 0 Å². The van der Waals surface area contributed by atoms with E-state index in [1.54, 1.807) is 19.1 Å². The number of rotatable bonds is 7. The maximum atomic E-state index is 13.4. The lowest BCUT2D eigenvalue weighted by Gasteiger charge is -2.35. The fraction of sp³-hybridized carbons (Fsp3) is 0.207. The molecule has 0 spiro atoms. The normalized spacial score (nSPS) is 15.5. The summed E-state index contributed by atoms with van der Waals surface area (Å²) in [7, 11) is 3.23. The highest BCUT2D eigenvalue weighted by Gasteiger charge is 2.36. The monoisotopic (exact) mass is 496 g/mol. The Hall–Kier alpha value is -4.59. The summed E-state index contributed by atoms with van der Waals surface area (Å²) in [4.78, 5) is 19.8. The average Bonchev–Trinajstić information content (AvgIpc) is 3.41. The van der Waals surface area contributed by atoms with Crippen LogP contribution >= 0.6 is 0 Å². The summed E-state index contributed by atoms with van der Waals surface area (Å²) in [6, 6.07) is 22.4. The van der Waals surface area contributed by atoms with Crippen molar-refractivity contribution in [1.29, 1.82) is 0 Å². The second kappa shape index (κ2) is 10.2. The number of urea groups is 1. The number of amides is 2. The number of aromatic nitrogens is 2. The van der Waals surface area contributed by atoms with Gasteiger partial charge >= 0.3 is 6.03 Å². The number of ether oxygens (including phenoxy) is 2. The lowest BCUT2D eigenvalue weighted by molar-refractivity contribution is 0.202. The summed E-state index contributed by atoms with van der Waals surface area (Å²) < 4.78 is 16.8. The first-order chi connectivity index (χ1) is 18.0. The van der Waals surface area contributed by atoms with Crippen molar-refractivity contribution < 1.29 is 18.8 Å². The molecule has 1 aromatic heterocycles. The van der Waals surface area contributed by atoms with Crippen LogP contribution in [0.5, 0.6) is 11.5 Å². The van der Waals surface area contributed by atoms with E-state index in [-0.39, 0.29) is 6.03 Å². The molecular formula is C29H28N4O4. The van der Waals surface area contributed by atoms with Crippen molar-refractivity contribution in [2.24, 2.45) is 0 Å². The number of aryl methyl sites for hydroxylation is 1. The van der Waals surface area contributed by atoms with Gasteiger partial charge in [-0.05, 0) is 43.7 Å². The number of allylic oxidation sites excluding steroid dienone is 1. The summed E-state index contributed by atoms with van der Waals surface area (Å²) in [6.07, 6.45) is 0. The Labute approximate surface area is 215 Å². The van der Waals surface area contributed by atoms with Crippen LogP contribution < -0.4 is 14.8 Å². The Morgan fingerprint density at radius 2 is 1.78 bits per heavy atom. The zero-order valence-corrected chi connectivity index (χ0v) is 21.2. The molecule has 2 amide bonds. The smallest absolute Gasteiger partial charge is 0.322 e. The molecule has 0 bridgehead atoms. The van der Waals surface area contributed by atoms with Crippen molar-refractivity contribution in [1.82, 2.24) is 20.4 Å². The fourth-order valence-corrected chi connectivity index (χ4v) is 4.56. The molecule has 8 nitrogen and oxygen atoms in total. The summed E-state index contributed by atoms with van der Waals surface area (Å²) in [5.74, 6) is 2.22. The minimum Gasteiger partial charge on any atom is -0.497 e. The number of carbonyl (C=O) groups excluding carboxylic acids is 1. The van der Waals surface area contributed by atoms with E-state index in [2.05, 4.69) is 10.5 Å². The van der Waals surface area contributed by atoms with E-state index in [1.165, 1.54) is 0 Å². The van der Waals surface area contributed by atoms with Gasteiger partial charge in [-0.15, -0.1) is 0 Å². The van der Waals surface area contributed by atoms with Gasteiger partial charge in [0.2, 0.25) is 5.82 Å². The summed E-state index contributed by atoms with van der Waals surface area (Å²) >= 11 is 0. The van der Waals surface area contributed by atoms with Crippen LogP contribution in [0.1, 0.15) is 35.5 Å². The molecule has 3 aromatic carbocycles. The Morgan fingerprint density at radius 1 is 0.973 bits per heavy atom. The van der Waals surface area contributed by atoms with Crippen LogP contribution in [0, 0.1) is 6.92 Å². The summed E-state index contributed by atoms with van der Waals surface area (Å²) in [6.45, 7) is 4.23. The van der Waals surface area contributed by atoms with Gasteiger partial charge in [0.25, 0.3) is 5.89 Å². The number of benzene rings is 3. The number of hydrogen-bond acceptors (Lipinski definition) is 6. The highest BCUT2D eigenvalue weighted by Crippen LogP contribution is 2.39. The van der Waals surface area contributed by atoms with Gasteiger partial charge in [-0.25, -0.2) is 4.79 Å². The summed E-state index contributed by atoms with van der Waals surface area (Å²) in [5.41, 5.74) is 5.10. The molecule has 188 valence electrons. The van der Waals surface area contributed by atoms with E-state index < -0.39 is 6.04 Å². The number of hydrogen-bond donors (Lipinski definition) is 1. The summed E-state index contributed by atoms with van der Waals surface area (Å²) in [5, 5.41) is 7.39. The van der Waals surface area contributed by atoms with E-state index in [0.29, 0.717) is 41.0 Å². The Kier molecular flexibility index (Phi) is 6.64. The predicted molar refractivity (Wildman–Crippen MR) is 140 cm³/mol. The van der Waals surface area contributed by atoms with Gasteiger partial charge in [0.05, 0.1) is 32.4 Å². The Bertz CT molecular complexity index is 1480. The van der Waals surface area contributed by atoms with E-state index in [0.717, 1.165) is 22.3 Å². The van der Waals surface area contributed by atoms with E-state index >= 15 is 0 Å². The molecule has 1 aliphatic rings. The molecule has 1 atom stereocenters. The standard InChI is InChI=1S/C29H28N4O4/c1-18-9-7-12-21(15-18)27-31-28(37-32-27)25-19(2)33(17-22-10-5-6-14-24(22)36-4)29(34)30-26(25)20-11-8-13-23(16-20)35-3/h5-16,26H,17H2,1-4H3,(H,30,34). The first-order valence-electron chi connectivity index (χ1n) is 11.9. The molecule has 37 heavy (non-hydrogen) atoms. The highest BCUT2D eigenvalue weighted by molar-refractivity contribution is 5.87. The second-order valence-corrected chi connectivity index (χ2v) is 8.85. The minimum atomic E-state index is -0.512. The SMILES string of the molecule is COc1cccc(C2NC(=O)N(Cc3ccccc3OC)C(C)=C2c2nc(-c3cccc(C)c3)no2)c1. The van der Waals surface area contributed by atoms with Crippen LogP contribution in [-0.2, 0) is 6.54 Å². The second-order valence-electron chi connectivity index (χ2n) is 8.85. The van der Waals surface area contributed by atoms with Gasteiger partial charge in [-0.2, -0.15) is 4.98 Å². The largest absolute Gasteiger partial charge is 0.497 e. The molecule has 0 saturated heterocycles. The third-order valence-electron chi connectivity index (χ3n) is 6.48. The molecular weight excluding hydrogens is 468 g/mol. The molecule has 8 heteroatoms. The van der Waals surface area contributed by atoms with Crippen molar-refractivity contribution in [2.75, 3.05) is 14.2 Å². The van der Waals surface area contributed by atoms with Crippen molar-refractivity contribution in [3.63, 3.8) is 0 Å². The first-order valence-corrected chi connectivity index (χ1v) is 11.9. The molecule has 2 heterocycles. The third kappa shape index (κ3) is 4.78. The highest BCUT2D eigenvalue weighted by atomic mass is 16.5. The Balaban J connectivity index is 1.62. The van der Waals surface area contributed by atoms with Crippen molar-refractivity contribution in [3.8, 4) is 22.9 Å². The first kappa shape index (κ1) is 24.1. The third-order valence-corrected chi connectivity index (χ3v) is 6.48. The number of methoxy groups -OCH3 is 2. The van der Waals surface area contributed by atoms with Crippen LogP contribution in [0.25, 0.3) is 17.0 Å². The maximum absolute atomic E-state index is 13.4. The average molecular weight is 497 g/mol. The van der Waals surface area contributed by atoms with Gasteiger partial charge in [0.1, 0.15) is 11.5 Å². The van der Waals surface area contributed by atoms with Crippen LogP contribution in [-0.4, -0.2) is 35.3 Å². The zero-order valence-electron chi connectivity index (χ0n) is 21.2. The van der Waals surface area contributed by atoms with Gasteiger partial charge < -0.3 is 19.3 Å². The minimum absolute atomic E-state index is 0.238. The number of para-hydroxylation sites is 1.